The van der Waals surface area contributed by atoms with Gasteiger partial charge in [-0.25, -0.2) is 4.98 Å². The number of rotatable bonds is 5. The highest BCUT2D eigenvalue weighted by Gasteiger charge is 2.18. The van der Waals surface area contributed by atoms with Crippen LogP contribution in [0.15, 0.2) is 47.8 Å². The minimum Gasteiger partial charge on any atom is -0.395 e. The van der Waals surface area contributed by atoms with Crippen LogP contribution in [-0.2, 0) is 0 Å². The molecule has 2 aromatic heterocycles. The Labute approximate surface area is 139 Å². The smallest absolute Gasteiger partial charge is 0.254 e. The Morgan fingerprint density at radius 2 is 2.09 bits per heavy atom. The van der Waals surface area contributed by atoms with E-state index in [9.17, 15) is 9.90 Å². The number of amides is 1. The molecule has 0 aliphatic heterocycles. The lowest BCUT2D eigenvalue weighted by Crippen LogP contribution is -2.33. The molecule has 118 valence electrons. The van der Waals surface area contributed by atoms with Crippen molar-refractivity contribution in [1.29, 1.82) is 0 Å². The highest BCUT2D eigenvalue weighted by molar-refractivity contribution is 7.13. The summed E-state index contributed by atoms with van der Waals surface area (Å²) in [6.45, 7) is 2.77. The molecule has 0 spiro atoms. The van der Waals surface area contributed by atoms with E-state index in [0.29, 0.717) is 18.7 Å². The first kappa shape index (κ1) is 15.6. The number of carbonyl (C=O) groups excluding carboxylic acids is 1. The second-order valence-electron chi connectivity index (χ2n) is 5.16. The zero-order valence-corrected chi connectivity index (χ0v) is 13.7. The molecule has 0 aliphatic carbocycles. The summed E-state index contributed by atoms with van der Waals surface area (Å²) >= 11 is 1.60. The van der Waals surface area contributed by atoms with Crippen LogP contribution in [0.25, 0.3) is 21.5 Å². The second kappa shape index (κ2) is 6.89. The van der Waals surface area contributed by atoms with Gasteiger partial charge in [-0.05, 0) is 30.5 Å². The Kier molecular flexibility index (Phi) is 4.69. The Morgan fingerprint density at radius 1 is 1.26 bits per heavy atom. The molecule has 23 heavy (non-hydrogen) atoms. The van der Waals surface area contributed by atoms with Crippen LogP contribution in [0.4, 0.5) is 0 Å². The van der Waals surface area contributed by atoms with E-state index in [1.54, 1.807) is 16.2 Å². The molecule has 0 fully saturated rings. The number of aliphatic hydroxyl groups excluding tert-OH is 1. The molecule has 3 rings (SSSR count). The normalized spacial score (nSPS) is 10.9. The molecule has 1 amide bonds. The van der Waals surface area contributed by atoms with Crippen molar-refractivity contribution in [1.82, 2.24) is 9.88 Å². The molecule has 4 nitrogen and oxygen atoms in total. The molecule has 5 heteroatoms. The lowest BCUT2D eigenvalue weighted by molar-refractivity contribution is 0.0734. The van der Waals surface area contributed by atoms with Gasteiger partial charge in [0.1, 0.15) is 0 Å². The molecule has 0 saturated carbocycles. The van der Waals surface area contributed by atoms with E-state index in [2.05, 4.69) is 4.98 Å². The van der Waals surface area contributed by atoms with Crippen molar-refractivity contribution in [2.45, 2.75) is 6.92 Å². The first-order valence-corrected chi connectivity index (χ1v) is 8.46. The van der Waals surface area contributed by atoms with Gasteiger partial charge in [-0.3, -0.25) is 4.79 Å². The quantitative estimate of drug-likeness (QED) is 0.781. The maximum Gasteiger partial charge on any atom is 0.254 e. The van der Waals surface area contributed by atoms with Crippen LogP contribution in [0, 0.1) is 0 Å². The predicted octanol–water partition coefficient (Wildman–Crippen LogP) is 3.42. The highest BCUT2D eigenvalue weighted by atomic mass is 32.1. The molecule has 0 unspecified atom stereocenters. The summed E-state index contributed by atoms with van der Waals surface area (Å²) in [7, 11) is 0. The number of likely N-dealkylation sites (N-methyl/N-ethyl adjacent to an activating group) is 1. The number of hydrogen-bond donors (Lipinski definition) is 1. The van der Waals surface area contributed by atoms with E-state index in [4.69, 9.17) is 0 Å². The first-order valence-electron chi connectivity index (χ1n) is 7.58. The summed E-state index contributed by atoms with van der Waals surface area (Å²) < 4.78 is 0. The summed E-state index contributed by atoms with van der Waals surface area (Å²) in [6, 6.07) is 13.5. The fraction of sp³-hybridized carbons (Fsp3) is 0.222. The SMILES string of the molecule is CCN(CCO)C(=O)c1cc(-c2cccs2)nc2ccccc12. The molecule has 0 bridgehead atoms. The number of aliphatic hydroxyl groups is 1. The predicted molar refractivity (Wildman–Crippen MR) is 93.7 cm³/mol. The number of thiophene rings is 1. The Bertz CT molecular complexity index is 815. The van der Waals surface area contributed by atoms with Gasteiger partial charge in [0.05, 0.1) is 28.3 Å². The maximum atomic E-state index is 12.9. The fourth-order valence-corrected chi connectivity index (χ4v) is 3.28. The minimum atomic E-state index is -0.0713. The zero-order valence-electron chi connectivity index (χ0n) is 12.9. The van der Waals surface area contributed by atoms with Gasteiger partial charge >= 0.3 is 0 Å². The van der Waals surface area contributed by atoms with Crippen molar-refractivity contribution in [3.63, 3.8) is 0 Å². The summed E-state index contributed by atoms with van der Waals surface area (Å²) in [5.41, 5.74) is 2.25. The third kappa shape index (κ3) is 3.11. The topological polar surface area (TPSA) is 53.4 Å². The van der Waals surface area contributed by atoms with Gasteiger partial charge in [-0.2, -0.15) is 0 Å². The van der Waals surface area contributed by atoms with Gasteiger partial charge in [0.2, 0.25) is 0 Å². The van der Waals surface area contributed by atoms with Gasteiger partial charge in [0.15, 0.2) is 0 Å². The van der Waals surface area contributed by atoms with Crippen molar-refractivity contribution in [3.05, 3.63) is 53.4 Å². The molecule has 1 aromatic carbocycles. The lowest BCUT2D eigenvalue weighted by Gasteiger charge is -2.21. The van der Waals surface area contributed by atoms with Crippen LogP contribution >= 0.6 is 11.3 Å². The number of benzene rings is 1. The number of para-hydroxylation sites is 1. The lowest BCUT2D eigenvalue weighted by atomic mass is 10.1. The Balaban J connectivity index is 2.16. The van der Waals surface area contributed by atoms with Gasteiger partial charge in [0.25, 0.3) is 5.91 Å². The third-order valence-corrected chi connectivity index (χ3v) is 4.65. The van der Waals surface area contributed by atoms with Gasteiger partial charge in [0, 0.05) is 18.5 Å². The van der Waals surface area contributed by atoms with Crippen molar-refractivity contribution in [2.75, 3.05) is 19.7 Å². The van der Waals surface area contributed by atoms with Crippen LogP contribution in [0.2, 0.25) is 0 Å². The molecular formula is C18H18N2O2S. The molecule has 1 N–H and O–H groups in total. The van der Waals surface area contributed by atoms with E-state index < -0.39 is 0 Å². The number of fused-ring (bicyclic) bond motifs is 1. The molecule has 2 heterocycles. The van der Waals surface area contributed by atoms with Crippen molar-refractivity contribution < 1.29 is 9.90 Å². The van der Waals surface area contributed by atoms with Gasteiger partial charge in [-0.1, -0.05) is 24.3 Å². The molecule has 0 aliphatic rings. The molecule has 0 radical (unpaired) electrons. The molecular weight excluding hydrogens is 308 g/mol. The zero-order chi connectivity index (χ0) is 16.2. The Hall–Kier alpha value is -2.24. The molecule has 3 aromatic rings. The fourth-order valence-electron chi connectivity index (χ4n) is 2.60. The van der Waals surface area contributed by atoms with Crippen molar-refractivity contribution in [2.24, 2.45) is 0 Å². The summed E-state index contributed by atoms with van der Waals surface area (Å²) in [4.78, 5) is 20.3. The van der Waals surface area contributed by atoms with Gasteiger partial charge in [-0.15, -0.1) is 11.3 Å². The highest BCUT2D eigenvalue weighted by Crippen LogP contribution is 2.28. The maximum absolute atomic E-state index is 12.9. The average molecular weight is 326 g/mol. The number of aromatic nitrogens is 1. The molecule has 0 saturated heterocycles. The van der Waals surface area contributed by atoms with Crippen LogP contribution in [-0.4, -0.2) is 40.6 Å². The average Bonchev–Trinajstić information content (AvgIpc) is 3.12. The largest absolute Gasteiger partial charge is 0.395 e. The van der Waals surface area contributed by atoms with Crippen LogP contribution in [0.1, 0.15) is 17.3 Å². The third-order valence-electron chi connectivity index (χ3n) is 3.76. The van der Waals surface area contributed by atoms with Crippen LogP contribution < -0.4 is 0 Å². The van der Waals surface area contributed by atoms with E-state index in [1.807, 2.05) is 54.8 Å². The van der Waals surface area contributed by atoms with Crippen molar-refractivity contribution in [3.8, 4) is 10.6 Å². The number of nitrogens with zero attached hydrogens (tertiary/aromatic N) is 2. The van der Waals surface area contributed by atoms with E-state index >= 15 is 0 Å². The summed E-state index contributed by atoms with van der Waals surface area (Å²) in [6.07, 6.45) is 0. The summed E-state index contributed by atoms with van der Waals surface area (Å²) in [5.74, 6) is -0.0713. The van der Waals surface area contributed by atoms with Gasteiger partial charge < -0.3 is 10.0 Å². The van der Waals surface area contributed by atoms with E-state index in [-0.39, 0.29) is 12.5 Å². The monoisotopic (exact) mass is 326 g/mol. The number of pyridine rings is 1. The van der Waals surface area contributed by atoms with Crippen molar-refractivity contribution >= 4 is 28.1 Å². The van der Waals surface area contributed by atoms with E-state index in [0.717, 1.165) is 21.5 Å². The van der Waals surface area contributed by atoms with Crippen LogP contribution in [0.3, 0.4) is 0 Å². The number of carbonyl (C=O) groups is 1. The summed E-state index contributed by atoms with van der Waals surface area (Å²) in [5, 5.41) is 12.0. The minimum absolute atomic E-state index is 0.0413. The van der Waals surface area contributed by atoms with E-state index in [1.165, 1.54) is 0 Å². The number of hydrogen-bond acceptors (Lipinski definition) is 4. The van der Waals surface area contributed by atoms with Crippen LogP contribution in [0.5, 0.6) is 0 Å². The molecule has 0 atom stereocenters. The first-order chi connectivity index (χ1) is 11.2. The standard InChI is InChI=1S/C18H18N2O2S/c1-2-20(9-10-21)18(22)14-12-16(17-8-5-11-23-17)19-15-7-4-3-6-13(14)15/h3-8,11-12,21H,2,9-10H2,1H3. The Morgan fingerprint density at radius 3 is 2.78 bits per heavy atom. The second-order valence-corrected chi connectivity index (χ2v) is 6.11.